The number of nitriles is 2. The quantitative estimate of drug-likeness (QED) is 0.665. The number of ether oxygens (including phenoxy) is 1. The SMILES string of the molecule is N#CCOc1c(N)cc(C#N)cc1I. The van der Waals surface area contributed by atoms with Crippen LogP contribution in [0.4, 0.5) is 5.69 Å². The van der Waals surface area contributed by atoms with Gasteiger partial charge in [0.05, 0.1) is 20.9 Å². The molecule has 0 radical (unpaired) electrons. The summed E-state index contributed by atoms with van der Waals surface area (Å²) in [6.07, 6.45) is 0. The second-order valence-corrected chi connectivity index (χ2v) is 3.60. The van der Waals surface area contributed by atoms with E-state index in [9.17, 15) is 0 Å². The van der Waals surface area contributed by atoms with Crippen LogP contribution in [0.1, 0.15) is 5.56 Å². The van der Waals surface area contributed by atoms with Crippen LogP contribution in [0, 0.1) is 26.2 Å². The number of nitrogens with two attached hydrogens (primary N) is 1. The molecule has 0 aliphatic carbocycles. The first-order chi connectivity index (χ1) is 6.69. The zero-order chi connectivity index (χ0) is 10.6. The van der Waals surface area contributed by atoms with E-state index in [0.717, 1.165) is 3.57 Å². The van der Waals surface area contributed by atoms with Crippen molar-refractivity contribution in [3.05, 3.63) is 21.3 Å². The molecule has 0 unspecified atom stereocenters. The summed E-state index contributed by atoms with van der Waals surface area (Å²) in [6, 6.07) is 7.02. The number of nitrogens with zero attached hydrogens (tertiary/aromatic N) is 2. The monoisotopic (exact) mass is 299 g/mol. The Labute approximate surface area is 95.0 Å². The zero-order valence-corrected chi connectivity index (χ0v) is 9.28. The lowest BCUT2D eigenvalue weighted by Gasteiger charge is -2.07. The van der Waals surface area contributed by atoms with E-state index < -0.39 is 0 Å². The molecule has 0 aromatic heterocycles. The van der Waals surface area contributed by atoms with Crippen LogP contribution < -0.4 is 10.5 Å². The Morgan fingerprint density at radius 3 is 2.64 bits per heavy atom. The molecule has 0 bridgehead atoms. The summed E-state index contributed by atoms with van der Waals surface area (Å²) in [7, 11) is 0. The molecule has 70 valence electrons. The molecule has 0 aliphatic heterocycles. The van der Waals surface area contributed by atoms with Gasteiger partial charge in [0.15, 0.2) is 12.4 Å². The number of nitrogen functional groups attached to an aromatic ring is 1. The van der Waals surface area contributed by atoms with E-state index in [4.69, 9.17) is 21.0 Å². The molecule has 4 nitrogen and oxygen atoms in total. The maximum absolute atomic E-state index is 8.65. The highest BCUT2D eigenvalue weighted by atomic mass is 127. The fraction of sp³-hybridized carbons (Fsp3) is 0.111. The Morgan fingerprint density at radius 1 is 1.43 bits per heavy atom. The van der Waals surface area contributed by atoms with Gasteiger partial charge in [-0.3, -0.25) is 0 Å². The summed E-state index contributed by atoms with van der Waals surface area (Å²) in [5.74, 6) is 0.464. The van der Waals surface area contributed by atoms with Gasteiger partial charge in [-0.05, 0) is 34.7 Å². The highest BCUT2D eigenvalue weighted by molar-refractivity contribution is 14.1. The normalized spacial score (nSPS) is 8.79. The largest absolute Gasteiger partial charge is 0.475 e. The Morgan fingerprint density at radius 2 is 2.14 bits per heavy atom. The van der Waals surface area contributed by atoms with Gasteiger partial charge >= 0.3 is 0 Å². The molecule has 1 rings (SSSR count). The van der Waals surface area contributed by atoms with Gasteiger partial charge in [0.25, 0.3) is 0 Å². The molecule has 2 N–H and O–H groups in total. The first-order valence-corrected chi connectivity index (χ1v) is 4.75. The Bertz CT molecular complexity index is 408. The lowest BCUT2D eigenvalue weighted by atomic mass is 10.2. The van der Waals surface area contributed by atoms with E-state index in [1.165, 1.54) is 6.07 Å². The molecule has 0 heterocycles. The second-order valence-electron chi connectivity index (χ2n) is 2.44. The minimum atomic E-state index is -0.0495. The van der Waals surface area contributed by atoms with Crippen molar-refractivity contribution in [3.8, 4) is 17.9 Å². The average molecular weight is 299 g/mol. The number of hydrogen-bond donors (Lipinski definition) is 1. The maximum Gasteiger partial charge on any atom is 0.174 e. The highest BCUT2D eigenvalue weighted by Gasteiger charge is 2.07. The van der Waals surface area contributed by atoms with Crippen LogP contribution in [-0.2, 0) is 0 Å². The number of hydrogen-bond acceptors (Lipinski definition) is 4. The Kier molecular flexibility index (Phi) is 3.55. The van der Waals surface area contributed by atoms with Gasteiger partial charge in [-0.25, -0.2) is 0 Å². The van der Waals surface area contributed by atoms with E-state index in [0.29, 0.717) is 17.0 Å². The minimum absolute atomic E-state index is 0.0495. The third-order valence-electron chi connectivity index (χ3n) is 1.48. The van der Waals surface area contributed by atoms with Gasteiger partial charge in [-0.2, -0.15) is 10.5 Å². The molecular formula is C9H6IN3O. The van der Waals surface area contributed by atoms with Gasteiger partial charge in [-0.1, -0.05) is 0 Å². The van der Waals surface area contributed by atoms with Crippen LogP contribution >= 0.6 is 22.6 Å². The summed E-state index contributed by atoms with van der Waals surface area (Å²) in [6.45, 7) is -0.0495. The number of benzene rings is 1. The smallest absolute Gasteiger partial charge is 0.174 e. The molecule has 0 saturated carbocycles. The van der Waals surface area contributed by atoms with E-state index in [2.05, 4.69) is 0 Å². The molecule has 14 heavy (non-hydrogen) atoms. The average Bonchev–Trinajstić information content (AvgIpc) is 2.16. The van der Waals surface area contributed by atoms with Crippen LogP contribution in [0.3, 0.4) is 0 Å². The van der Waals surface area contributed by atoms with E-state index in [1.54, 1.807) is 6.07 Å². The van der Waals surface area contributed by atoms with Gasteiger partial charge in [0.2, 0.25) is 0 Å². The van der Waals surface area contributed by atoms with Crippen molar-refractivity contribution in [2.75, 3.05) is 12.3 Å². The van der Waals surface area contributed by atoms with Crippen LogP contribution in [-0.4, -0.2) is 6.61 Å². The van der Waals surface area contributed by atoms with Gasteiger partial charge in [-0.15, -0.1) is 0 Å². The summed E-state index contributed by atoms with van der Waals surface area (Å²) in [5.41, 5.74) is 6.51. The van der Waals surface area contributed by atoms with Gasteiger partial charge in [0.1, 0.15) is 6.07 Å². The molecule has 0 saturated heterocycles. The first kappa shape index (κ1) is 10.6. The molecule has 0 amide bonds. The van der Waals surface area contributed by atoms with Crippen molar-refractivity contribution in [1.29, 1.82) is 10.5 Å². The van der Waals surface area contributed by atoms with E-state index in [1.807, 2.05) is 34.7 Å². The summed E-state index contributed by atoms with van der Waals surface area (Å²) in [4.78, 5) is 0. The van der Waals surface area contributed by atoms with Crippen molar-refractivity contribution in [2.24, 2.45) is 0 Å². The van der Waals surface area contributed by atoms with Crippen LogP contribution in [0.25, 0.3) is 0 Å². The first-order valence-electron chi connectivity index (χ1n) is 3.68. The Balaban J connectivity index is 3.08. The lowest BCUT2D eigenvalue weighted by molar-refractivity contribution is 0.367. The van der Waals surface area contributed by atoms with Crippen molar-refractivity contribution in [2.45, 2.75) is 0 Å². The molecule has 0 atom stereocenters. The summed E-state index contributed by atoms with van der Waals surface area (Å²) >= 11 is 2.01. The molecule has 0 aliphatic rings. The summed E-state index contributed by atoms with van der Waals surface area (Å²) in [5, 5.41) is 17.0. The Hall–Kier alpha value is -1.47. The van der Waals surface area contributed by atoms with Crippen molar-refractivity contribution >= 4 is 28.3 Å². The van der Waals surface area contributed by atoms with Crippen molar-refractivity contribution < 1.29 is 4.74 Å². The second kappa shape index (κ2) is 4.68. The topological polar surface area (TPSA) is 82.8 Å². The van der Waals surface area contributed by atoms with Crippen LogP contribution in [0.2, 0.25) is 0 Å². The fourth-order valence-electron chi connectivity index (χ4n) is 0.936. The fourth-order valence-corrected chi connectivity index (χ4v) is 1.74. The third kappa shape index (κ3) is 2.27. The van der Waals surface area contributed by atoms with Crippen LogP contribution in [0.5, 0.6) is 5.75 Å². The number of rotatable bonds is 2. The lowest BCUT2D eigenvalue weighted by Crippen LogP contribution is -2.00. The molecule has 0 spiro atoms. The molecule has 0 fully saturated rings. The van der Waals surface area contributed by atoms with E-state index in [-0.39, 0.29) is 6.61 Å². The standard InChI is InChI=1S/C9H6IN3O/c10-7-3-6(5-12)4-8(13)9(7)14-2-1-11/h3-4H,2,13H2. The van der Waals surface area contributed by atoms with Crippen molar-refractivity contribution in [1.82, 2.24) is 0 Å². The third-order valence-corrected chi connectivity index (χ3v) is 2.28. The van der Waals surface area contributed by atoms with Crippen molar-refractivity contribution in [3.63, 3.8) is 0 Å². The highest BCUT2D eigenvalue weighted by Crippen LogP contribution is 2.29. The van der Waals surface area contributed by atoms with Gasteiger partial charge in [0, 0.05) is 0 Å². The number of halogens is 1. The molecular weight excluding hydrogens is 293 g/mol. The molecule has 1 aromatic rings. The summed E-state index contributed by atoms with van der Waals surface area (Å²) < 4.78 is 5.84. The maximum atomic E-state index is 8.65. The molecule has 1 aromatic carbocycles. The van der Waals surface area contributed by atoms with Gasteiger partial charge < -0.3 is 10.5 Å². The number of anilines is 1. The molecule has 5 heteroatoms. The van der Waals surface area contributed by atoms with Crippen LogP contribution in [0.15, 0.2) is 12.1 Å². The minimum Gasteiger partial charge on any atom is -0.475 e. The predicted molar refractivity (Wildman–Crippen MR) is 59.4 cm³/mol. The van der Waals surface area contributed by atoms with E-state index >= 15 is 0 Å². The zero-order valence-electron chi connectivity index (χ0n) is 7.12. The predicted octanol–water partition coefficient (Wildman–Crippen LogP) is 1.65.